The van der Waals surface area contributed by atoms with E-state index >= 15 is 0 Å². The van der Waals surface area contributed by atoms with Crippen LogP contribution in [0.15, 0.2) is 48.5 Å². The van der Waals surface area contributed by atoms with Crippen LogP contribution in [0.5, 0.6) is 0 Å². The second-order valence-corrected chi connectivity index (χ2v) is 9.22. The molecule has 1 aromatic heterocycles. The molecule has 0 spiro atoms. The minimum atomic E-state index is -1.36. The largest absolute Gasteiger partial charge is 0.463 e. The summed E-state index contributed by atoms with van der Waals surface area (Å²) in [5.74, 6) is -3.54. The smallest absolute Gasteiger partial charge is 0.308 e. The zero-order valence-corrected chi connectivity index (χ0v) is 20.4. The predicted octanol–water partition coefficient (Wildman–Crippen LogP) is 4.46. The number of aromatic nitrogens is 1. The number of rotatable bonds is 10. The lowest BCUT2D eigenvalue weighted by Gasteiger charge is -2.23. The van der Waals surface area contributed by atoms with Gasteiger partial charge in [0.15, 0.2) is 5.78 Å². The number of fused-ring (bicyclic) bond motifs is 3. The third-order valence-corrected chi connectivity index (χ3v) is 5.94. The van der Waals surface area contributed by atoms with E-state index in [1.807, 2.05) is 48.5 Å². The van der Waals surface area contributed by atoms with Gasteiger partial charge in [-0.05, 0) is 31.9 Å². The first-order valence-corrected chi connectivity index (χ1v) is 11.7. The van der Waals surface area contributed by atoms with Gasteiger partial charge >= 0.3 is 5.97 Å². The number of halogens is 1. The van der Waals surface area contributed by atoms with Gasteiger partial charge in [0.1, 0.15) is 12.7 Å². The lowest BCUT2D eigenvalue weighted by atomic mass is 9.90. The maximum atomic E-state index is 13.5. The van der Waals surface area contributed by atoms with Crippen LogP contribution in [0.1, 0.15) is 45.3 Å². The van der Waals surface area contributed by atoms with Crippen LogP contribution in [0.4, 0.5) is 4.39 Å². The molecule has 0 fully saturated rings. The van der Waals surface area contributed by atoms with Crippen molar-refractivity contribution in [2.24, 2.45) is 11.8 Å². The summed E-state index contributed by atoms with van der Waals surface area (Å²) in [4.78, 5) is 50.8. The van der Waals surface area contributed by atoms with E-state index in [4.69, 9.17) is 4.74 Å². The van der Waals surface area contributed by atoms with Gasteiger partial charge in [0.05, 0.1) is 23.6 Å². The van der Waals surface area contributed by atoms with Crippen LogP contribution in [0.25, 0.3) is 21.8 Å². The molecule has 7 nitrogen and oxygen atoms in total. The number of carbonyl (C=O) groups is 4. The van der Waals surface area contributed by atoms with Crippen LogP contribution in [0.3, 0.4) is 0 Å². The Morgan fingerprint density at radius 1 is 0.886 bits per heavy atom. The maximum Gasteiger partial charge on any atom is 0.308 e. The van der Waals surface area contributed by atoms with Gasteiger partial charge in [0.2, 0.25) is 11.8 Å². The Morgan fingerprint density at radius 2 is 1.43 bits per heavy atom. The van der Waals surface area contributed by atoms with E-state index in [1.165, 1.54) is 0 Å². The summed E-state index contributed by atoms with van der Waals surface area (Å²) in [6.07, 6.45) is -1.01. The monoisotopic (exact) mass is 482 g/mol. The fraction of sp³-hybridized carbons (Fsp3) is 0.407. The standard InChI is InChI=1S/C27H31FN2O5/c1-16(2)20(27(34)29-21(24(31)15-28)14-26(33)35-17(3)4)13-25(32)30-22-11-7-5-9-18(22)19-10-6-8-12-23(19)30/h5-12,16-17,20-21H,13-15H2,1-4H3,(H,29,34)/t20-,21?/m1/s1. The van der Waals surface area contributed by atoms with Crippen molar-refractivity contribution in [1.82, 2.24) is 9.88 Å². The number of Topliss-reactive ketones (excluding diaryl/α,β-unsaturated/α-hetero) is 1. The highest BCUT2D eigenvalue weighted by atomic mass is 19.1. The molecule has 3 rings (SSSR count). The number of hydrogen-bond acceptors (Lipinski definition) is 5. The van der Waals surface area contributed by atoms with Gasteiger partial charge in [-0.1, -0.05) is 50.2 Å². The number of amides is 1. The molecule has 1 heterocycles. The summed E-state index contributed by atoms with van der Waals surface area (Å²) >= 11 is 0. The minimum absolute atomic E-state index is 0.126. The quantitative estimate of drug-likeness (QED) is 0.431. The third-order valence-electron chi connectivity index (χ3n) is 5.94. The van der Waals surface area contributed by atoms with Gasteiger partial charge in [-0.3, -0.25) is 23.7 Å². The molecule has 0 bridgehead atoms. The van der Waals surface area contributed by atoms with Crippen molar-refractivity contribution in [3.8, 4) is 0 Å². The highest BCUT2D eigenvalue weighted by Crippen LogP contribution is 2.30. The van der Waals surface area contributed by atoms with Crippen molar-refractivity contribution >= 4 is 45.4 Å². The van der Waals surface area contributed by atoms with E-state index in [0.29, 0.717) is 0 Å². The molecule has 186 valence electrons. The summed E-state index contributed by atoms with van der Waals surface area (Å²) < 4.78 is 19.8. The lowest BCUT2D eigenvalue weighted by molar-refractivity contribution is -0.149. The van der Waals surface area contributed by atoms with Crippen molar-refractivity contribution in [3.05, 3.63) is 48.5 Å². The van der Waals surface area contributed by atoms with Gasteiger partial charge in [-0.2, -0.15) is 0 Å². The lowest BCUT2D eigenvalue weighted by Crippen LogP contribution is -2.47. The van der Waals surface area contributed by atoms with Crippen LogP contribution in [-0.4, -0.2) is 47.0 Å². The first-order valence-electron chi connectivity index (χ1n) is 11.7. The second kappa shape index (κ2) is 11.3. The SMILES string of the molecule is CC(C)OC(=O)CC(NC(=O)[C@H](CC(=O)n1c2ccccc2c2ccccc21)C(C)C)C(=O)CF. The number of esters is 1. The molecule has 0 saturated carbocycles. The zero-order chi connectivity index (χ0) is 25.7. The second-order valence-electron chi connectivity index (χ2n) is 9.22. The molecule has 8 heteroatoms. The van der Waals surface area contributed by atoms with Crippen LogP contribution in [0.2, 0.25) is 0 Å². The number of alkyl halides is 1. The number of ether oxygens (including phenoxy) is 1. The molecule has 3 aromatic rings. The van der Waals surface area contributed by atoms with Crippen molar-refractivity contribution in [1.29, 1.82) is 0 Å². The van der Waals surface area contributed by atoms with E-state index < -0.39 is 48.8 Å². The van der Waals surface area contributed by atoms with Crippen LogP contribution >= 0.6 is 0 Å². The van der Waals surface area contributed by atoms with Crippen molar-refractivity contribution < 1.29 is 28.3 Å². The molecule has 0 saturated heterocycles. The number of nitrogens with one attached hydrogen (secondary N) is 1. The molecular formula is C27H31FN2O5. The highest BCUT2D eigenvalue weighted by Gasteiger charge is 2.32. The van der Waals surface area contributed by atoms with E-state index in [-0.39, 0.29) is 18.2 Å². The Balaban J connectivity index is 1.86. The summed E-state index contributed by atoms with van der Waals surface area (Å²) in [6.45, 7) is 5.56. The Labute approximate surface area is 203 Å². The molecule has 2 atom stereocenters. The molecule has 1 N–H and O–H groups in total. The Hall–Kier alpha value is -3.55. The first kappa shape index (κ1) is 26.1. The van der Waals surface area contributed by atoms with Crippen LogP contribution in [0, 0.1) is 11.8 Å². The normalized spacial score (nSPS) is 13.2. The van der Waals surface area contributed by atoms with Crippen molar-refractivity contribution in [2.75, 3.05) is 6.67 Å². The first-order chi connectivity index (χ1) is 16.6. The Kier molecular flexibility index (Phi) is 8.38. The molecule has 0 aliphatic carbocycles. The summed E-state index contributed by atoms with van der Waals surface area (Å²) in [5, 5.41) is 4.35. The number of nitrogens with zero attached hydrogens (tertiary/aromatic N) is 1. The number of carbonyl (C=O) groups excluding carboxylic acids is 4. The zero-order valence-electron chi connectivity index (χ0n) is 20.4. The molecule has 0 aliphatic heterocycles. The van der Waals surface area contributed by atoms with Gasteiger partial charge < -0.3 is 10.1 Å². The third kappa shape index (κ3) is 5.93. The number of hydrogen-bond donors (Lipinski definition) is 1. The topological polar surface area (TPSA) is 94.5 Å². The van der Waals surface area contributed by atoms with E-state index in [2.05, 4.69) is 5.32 Å². The average Bonchev–Trinajstić information content (AvgIpc) is 3.15. The summed E-state index contributed by atoms with van der Waals surface area (Å²) in [5.41, 5.74) is 1.48. The predicted molar refractivity (Wildman–Crippen MR) is 132 cm³/mol. The van der Waals surface area contributed by atoms with Crippen LogP contribution in [-0.2, 0) is 19.1 Å². The number of ketones is 1. The fourth-order valence-electron chi connectivity index (χ4n) is 4.20. The van der Waals surface area contributed by atoms with Crippen molar-refractivity contribution in [3.63, 3.8) is 0 Å². The molecule has 35 heavy (non-hydrogen) atoms. The van der Waals surface area contributed by atoms with Gasteiger partial charge in [-0.15, -0.1) is 0 Å². The van der Waals surface area contributed by atoms with E-state index in [0.717, 1.165) is 21.8 Å². The molecule has 0 aliphatic rings. The average molecular weight is 483 g/mol. The number of benzene rings is 2. The Morgan fingerprint density at radius 3 is 1.91 bits per heavy atom. The molecule has 0 radical (unpaired) electrons. The number of para-hydroxylation sites is 2. The van der Waals surface area contributed by atoms with E-state index in [1.54, 1.807) is 32.3 Å². The van der Waals surface area contributed by atoms with Gasteiger partial charge in [0, 0.05) is 23.1 Å². The molecule has 2 aromatic carbocycles. The Bertz CT molecular complexity index is 1190. The molecule has 1 amide bonds. The van der Waals surface area contributed by atoms with Crippen molar-refractivity contribution in [2.45, 2.75) is 52.7 Å². The molecule has 1 unspecified atom stereocenters. The fourth-order valence-corrected chi connectivity index (χ4v) is 4.20. The minimum Gasteiger partial charge on any atom is -0.463 e. The maximum absolute atomic E-state index is 13.5. The van der Waals surface area contributed by atoms with Gasteiger partial charge in [-0.25, -0.2) is 4.39 Å². The van der Waals surface area contributed by atoms with E-state index in [9.17, 15) is 23.6 Å². The highest BCUT2D eigenvalue weighted by molar-refractivity contribution is 6.13. The van der Waals surface area contributed by atoms with Crippen LogP contribution < -0.4 is 5.32 Å². The molecular weight excluding hydrogens is 451 g/mol. The van der Waals surface area contributed by atoms with Gasteiger partial charge in [0.25, 0.3) is 0 Å². The summed E-state index contributed by atoms with van der Waals surface area (Å²) in [7, 11) is 0. The summed E-state index contributed by atoms with van der Waals surface area (Å²) in [6, 6.07) is 13.7.